The molecule has 1 amide bonds. The number of nitrogens with one attached hydrogen (secondary N) is 1. The van der Waals surface area contributed by atoms with Crippen molar-refractivity contribution < 1.29 is 9.18 Å². The second kappa shape index (κ2) is 10.6. The van der Waals surface area contributed by atoms with Gasteiger partial charge in [-0.1, -0.05) is 12.5 Å². The smallest absolute Gasteiger partial charge is 0.241 e. The highest BCUT2D eigenvalue weighted by molar-refractivity contribution is 5.82. The first-order valence-electron chi connectivity index (χ1n) is 12.8. The summed E-state index contributed by atoms with van der Waals surface area (Å²) in [5, 5.41) is 17.4. The molecule has 1 saturated carbocycles. The number of carbonyl (C=O) groups excluding carboxylic acids is 1. The second-order valence-electron chi connectivity index (χ2n) is 10.1. The quantitative estimate of drug-likeness (QED) is 0.533. The molecule has 5 rings (SSSR count). The lowest BCUT2D eigenvalue weighted by Gasteiger charge is -2.33. The Kier molecular flexibility index (Phi) is 7.10. The number of nitriles is 1. The number of hydrogen-bond acceptors (Lipinski definition) is 6. The maximum absolute atomic E-state index is 14.4. The Balaban J connectivity index is 1.42. The van der Waals surface area contributed by atoms with Gasteiger partial charge >= 0.3 is 0 Å². The molecule has 2 heterocycles. The second-order valence-corrected chi connectivity index (χ2v) is 10.1. The summed E-state index contributed by atoms with van der Waals surface area (Å²) in [4.78, 5) is 16.0. The van der Waals surface area contributed by atoms with Gasteiger partial charge in [0.2, 0.25) is 5.91 Å². The minimum atomic E-state index is -0.564. The Bertz CT molecular complexity index is 1310. The van der Waals surface area contributed by atoms with Gasteiger partial charge in [-0.25, -0.2) is 9.07 Å². The third kappa shape index (κ3) is 5.44. The summed E-state index contributed by atoms with van der Waals surface area (Å²) in [5.41, 5.74) is 9.25. The lowest BCUT2D eigenvalue weighted by Crippen LogP contribution is -2.48. The number of aromatic nitrogens is 2. The van der Waals surface area contributed by atoms with Crippen LogP contribution in [0.5, 0.6) is 0 Å². The molecule has 0 unspecified atom stereocenters. The normalized spacial score (nSPS) is 20.1. The van der Waals surface area contributed by atoms with E-state index < -0.39 is 5.82 Å². The molecule has 9 heteroatoms. The van der Waals surface area contributed by atoms with E-state index in [-0.39, 0.29) is 17.5 Å². The predicted octanol–water partition coefficient (Wildman–Crippen LogP) is 3.76. The molecule has 2 fully saturated rings. The molecule has 3 N–H and O–H groups in total. The zero-order valence-corrected chi connectivity index (χ0v) is 21.0. The summed E-state index contributed by atoms with van der Waals surface area (Å²) in [7, 11) is 1.83. The van der Waals surface area contributed by atoms with E-state index >= 15 is 0 Å². The summed E-state index contributed by atoms with van der Waals surface area (Å²) in [6.45, 7) is 2.63. The number of carbonyl (C=O) groups is 1. The number of rotatable bonds is 6. The van der Waals surface area contributed by atoms with Crippen LogP contribution in [0, 0.1) is 23.1 Å². The van der Waals surface area contributed by atoms with Gasteiger partial charge in [0.05, 0.1) is 23.5 Å². The first-order chi connectivity index (χ1) is 17.9. The van der Waals surface area contributed by atoms with Gasteiger partial charge in [0, 0.05) is 50.0 Å². The Morgan fingerprint density at radius 1 is 1.14 bits per heavy atom. The van der Waals surface area contributed by atoms with Crippen molar-refractivity contribution in [1.82, 2.24) is 14.7 Å². The van der Waals surface area contributed by atoms with Crippen LogP contribution in [0.4, 0.5) is 15.9 Å². The van der Waals surface area contributed by atoms with Gasteiger partial charge in [0.1, 0.15) is 17.7 Å². The van der Waals surface area contributed by atoms with Crippen molar-refractivity contribution in [2.75, 3.05) is 43.4 Å². The molecule has 0 spiro atoms. The fourth-order valence-corrected chi connectivity index (χ4v) is 5.16. The van der Waals surface area contributed by atoms with Crippen molar-refractivity contribution in [2.24, 2.45) is 11.7 Å². The molecule has 2 aliphatic rings. The fraction of sp³-hybridized carbons (Fsp3) is 0.393. The van der Waals surface area contributed by atoms with Crippen molar-refractivity contribution in [3.05, 3.63) is 59.9 Å². The zero-order valence-electron chi connectivity index (χ0n) is 21.0. The Labute approximate surface area is 216 Å². The number of halogens is 1. The summed E-state index contributed by atoms with van der Waals surface area (Å²) >= 11 is 0. The van der Waals surface area contributed by atoms with Crippen LogP contribution in [0.15, 0.2) is 48.5 Å². The van der Waals surface area contributed by atoms with Crippen molar-refractivity contribution in [3.8, 4) is 23.0 Å². The Morgan fingerprint density at radius 2 is 1.92 bits per heavy atom. The van der Waals surface area contributed by atoms with E-state index in [1.807, 2.05) is 48.1 Å². The van der Waals surface area contributed by atoms with Crippen LogP contribution in [0.1, 0.15) is 31.2 Å². The summed E-state index contributed by atoms with van der Waals surface area (Å²) < 4.78 is 16.2. The SMILES string of the molecule is CN1CCN(c2ccc(-n3nc(-c4ccc(C#N)c(F)c4)cc3NC[C@H]3CCC[C@H](N)C3)cc2)CC1=O. The maximum atomic E-state index is 14.4. The third-order valence-electron chi connectivity index (χ3n) is 7.41. The number of benzene rings is 2. The molecule has 0 bridgehead atoms. The molecule has 1 saturated heterocycles. The van der Waals surface area contributed by atoms with E-state index in [2.05, 4.69) is 10.2 Å². The molecule has 3 aromatic rings. The topological polar surface area (TPSA) is 103 Å². The van der Waals surface area contributed by atoms with Gasteiger partial charge < -0.3 is 20.9 Å². The number of likely N-dealkylation sites (N-methyl/N-ethyl adjacent to an activating group) is 1. The van der Waals surface area contributed by atoms with Crippen molar-refractivity contribution >= 4 is 17.4 Å². The third-order valence-corrected chi connectivity index (χ3v) is 7.41. The van der Waals surface area contributed by atoms with Gasteiger partial charge in [-0.3, -0.25) is 4.79 Å². The van der Waals surface area contributed by atoms with Crippen LogP contribution in [-0.2, 0) is 4.79 Å². The first-order valence-corrected chi connectivity index (χ1v) is 12.8. The lowest BCUT2D eigenvalue weighted by molar-refractivity contribution is -0.129. The maximum Gasteiger partial charge on any atom is 0.241 e. The molecule has 1 aliphatic carbocycles. The van der Waals surface area contributed by atoms with Crippen molar-refractivity contribution in [2.45, 2.75) is 31.7 Å². The summed E-state index contributed by atoms with van der Waals surface area (Å²) in [6, 6.07) is 16.5. The fourth-order valence-electron chi connectivity index (χ4n) is 5.16. The molecule has 2 aromatic carbocycles. The largest absolute Gasteiger partial charge is 0.370 e. The average Bonchev–Trinajstić information content (AvgIpc) is 3.33. The number of anilines is 2. The minimum Gasteiger partial charge on any atom is -0.370 e. The number of nitrogens with zero attached hydrogens (tertiary/aromatic N) is 5. The standard InChI is InChI=1S/C28H32FN7O/c1-34-11-12-35(18-28(34)37)23-7-9-24(10-8-23)36-27(32-17-19-3-2-4-22(31)13-19)15-26(33-36)20-5-6-21(16-30)25(29)14-20/h5-10,14-15,19,22,32H,2-4,11-13,17-18,31H2,1H3/t19-,22-/m0/s1. The van der Waals surface area contributed by atoms with Crippen molar-refractivity contribution in [3.63, 3.8) is 0 Å². The molecule has 1 aliphatic heterocycles. The highest BCUT2D eigenvalue weighted by Crippen LogP contribution is 2.29. The number of nitrogens with two attached hydrogens (primary N) is 1. The van der Waals surface area contributed by atoms with E-state index in [4.69, 9.17) is 16.1 Å². The van der Waals surface area contributed by atoms with Gasteiger partial charge in [-0.05, 0) is 61.6 Å². The number of amides is 1. The molecule has 2 atom stereocenters. The Hall–Kier alpha value is -3.90. The van der Waals surface area contributed by atoms with Crippen LogP contribution in [-0.4, -0.2) is 59.9 Å². The molecule has 1 aromatic heterocycles. The highest BCUT2D eigenvalue weighted by atomic mass is 19.1. The van der Waals surface area contributed by atoms with Gasteiger partial charge in [0.15, 0.2) is 0 Å². The van der Waals surface area contributed by atoms with E-state index in [1.165, 1.54) is 12.1 Å². The van der Waals surface area contributed by atoms with E-state index in [9.17, 15) is 9.18 Å². The lowest BCUT2D eigenvalue weighted by atomic mass is 9.86. The van der Waals surface area contributed by atoms with Crippen molar-refractivity contribution in [1.29, 1.82) is 5.26 Å². The highest BCUT2D eigenvalue weighted by Gasteiger charge is 2.22. The zero-order chi connectivity index (χ0) is 25.9. The minimum absolute atomic E-state index is 0.00754. The molecule has 8 nitrogen and oxygen atoms in total. The average molecular weight is 502 g/mol. The van der Waals surface area contributed by atoms with Crippen LogP contribution in [0.3, 0.4) is 0 Å². The van der Waals surface area contributed by atoms with Gasteiger partial charge in [-0.2, -0.15) is 10.4 Å². The predicted molar refractivity (Wildman–Crippen MR) is 142 cm³/mol. The number of piperazine rings is 1. The van der Waals surface area contributed by atoms with Crippen LogP contribution in [0.2, 0.25) is 0 Å². The summed E-state index contributed by atoms with van der Waals surface area (Å²) in [5.74, 6) is 0.837. The van der Waals surface area contributed by atoms with Crippen LogP contribution >= 0.6 is 0 Å². The van der Waals surface area contributed by atoms with Gasteiger partial charge in [0.25, 0.3) is 0 Å². The Morgan fingerprint density at radius 3 is 2.62 bits per heavy atom. The van der Waals surface area contributed by atoms with Gasteiger partial charge in [-0.15, -0.1) is 0 Å². The van der Waals surface area contributed by atoms with Crippen LogP contribution < -0.4 is 16.0 Å². The van der Waals surface area contributed by atoms with E-state index in [0.717, 1.165) is 56.0 Å². The molecule has 37 heavy (non-hydrogen) atoms. The summed E-state index contributed by atoms with van der Waals surface area (Å²) in [6.07, 6.45) is 4.35. The molecular formula is C28H32FN7O. The van der Waals surface area contributed by atoms with E-state index in [1.54, 1.807) is 11.0 Å². The molecular weight excluding hydrogens is 469 g/mol. The van der Waals surface area contributed by atoms with Crippen LogP contribution in [0.25, 0.3) is 16.9 Å². The van der Waals surface area contributed by atoms with E-state index in [0.29, 0.717) is 30.3 Å². The molecule has 0 radical (unpaired) electrons. The number of hydrogen-bond donors (Lipinski definition) is 2. The first kappa shape index (κ1) is 24.8. The molecule has 192 valence electrons. The monoisotopic (exact) mass is 501 g/mol.